The molecule has 0 fully saturated rings. The molecule has 2 heterocycles. The second-order valence-corrected chi connectivity index (χ2v) is 5.13. The molecule has 2 aromatic rings. The van der Waals surface area contributed by atoms with Gasteiger partial charge in [0.1, 0.15) is 11.6 Å². The summed E-state index contributed by atoms with van der Waals surface area (Å²) in [5.41, 5.74) is 3.30. The number of benzene rings is 1. The molecule has 1 atom stereocenters. The van der Waals surface area contributed by atoms with Crippen LogP contribution in [0.2, 0.25) is 0 Å². The van der Waals surface area contributed by atoms with E-state index in [4.69, 9.17) is 0 Å². The highest BCUT2D eigenvalue weighted by Crippen LogP contribution is 2.34. The molecule has 3 rings (SSSR count). The molecule has 0 spiro atoms. The van der Waals surface area contributed by atoms with Crippen LogP contribution >= 0.6 is 0 Å². The minimum absolute atomic E-state index is 0.199. The van der Waals surface area contributed by atoms with E-state index < -0.39 is 0 Å². The van der Waals surface area contributed by atoms with Crippen molar-refractivity contribution in [1.82, 2.24) is 10.3 Å². The van der Waals surface area contributed by atoms with Crippen LogP contribution in [-0.2, 0) is 6.42 Å². The van der Waals surface area contributed by atoms with Crippen LogP contribution in [0.5, 0.6) is 0 Å². The van der Waals surface area contributed by atoms with Gasteiger partial charge in [-0.15, -0.1) is 0 Å². The maximum atomic E-state index is 13.5. The minimum atomic E-state index is -0.199. The van der Waals surface area contributed by atoms with Gasteiger partial charge in [-0.25, -0.2) is 9.37 Å². The molecule has 1 aliphatic heterocycles. The third-order valence-corrected chi connectivity index (χ3v) is 3.92. The number of aromatic nitrogens is 1. The third-order valence-electron chi connectivity index (χ3n) is 3.92. The van der Waals surface area contributed by atoms with Crippen LogP contribution in [0.3, 0.4) is 0 Å². The van der Waals surface area contributed by atoms with Gasteiger partial charge in [0.2, 0.25) is 0 Å². The first-order valence-corrected chi connectivity index (χ1v) is 6.88. The summed E-state index contributed by atoms with van der Waals surface area (Å²) < 4.78 is 13.5. The zero-order valence-corrected chi connectivity index (χ0v) is 11.7. The Kier molecular flexibility index (Phi) is 3.40. The summed E-state index contributed by atoms with van der Waals surface area (Å²) in [5, 5.41) is 3.22. The van der Waals surface area contributed by atoms with Gasteiger partial charge in [-0.3, -0.25) is 0 Å². The van der Waals surface area contributed by atoms with Gasteiger partial charge in [-0.1, -0.05) is 6.07 Å². The van der Waals surface area contributed by atoms with Crippen LogP contribution in [0.4, 0.5) is 15.9 Å². The molecule has 1 aliphatic rings. The number of nitrogens with one attached hydrogen (secondary N) is 1. The quantitative estimate of drug-likeness (QED) is 0.929. The number of nitrogens with zero attached hydrogens (tertiary/aromatic N) is 2. The van der Waals surface area contributed by atoms with Crippen molar-refractivity contribution < 1.29 is 4.39 Å². The van der Waals surface area contributed by atoms with Gasteiger partial charge in [0.25, 0.3) is 0 Å². The van der Waals surface area contributed by atoms with Gasteiger partial charge in [0, 0.05) is 24.5 Å². The third kappa shape index (κ3) is 2.27. The first-order chi connectivity index (χ1) is 9.69. The lowest BCUT2D eigenvalue weighted by Crippen LogP contribution is -2.17. The molecular weight excluding hydrogens is 253 g/mol. The van der Waals surface area contributed by atoms with E-state index in [0.717, 1.165) is 24.5 Å². The molecule has 4 heteroatoms. The first kappa shape index (κ1) is 13.1. The number of fused-ring (bicyclic) bond motifs is 1. The maximum absolute atomic E-state index is 13.5. The molecule has 0 aliphatic carbocycles. The summed E-state index contributed by atoms with van der Waals surface area (Å²) in [6.45, 7) is 2.96. The van der Waals surface area contributed by atoms with Crippen LogP contribution in [0.1, 0.15) is 24.1 Å². The standard InChI is InChI=1S/C16H18FN3/c1-11(18-2)13-5-7-19-16(9-13)20-8-6-12-3-4-14(17)10-15(12)20/h3-5,7,9-11,18H,6,8H2,1-2H3. The number of hydrogen-bond donors (Lipinski definition) is 1. The Morgan fingerprint density at radius 2 is 2.15 bits per heavy atom. The highest BCUT2D eigenvalue weighted by molar-refractivity contribution is 5.67. The van der Waals surface area contributed by atoms with Gasteiger partial charge in [-0.05, 0) is 55.8 Å². The van der Waals surface area contributed by atoms with Crippen molar-refractivity contribution in [2.75, 3.05) is 18.5 Å². The summed E-state index contributed by atoms with van der Waals surface area (Å²) in [6, 6.07) is 9.33. The Hall–Kier alpha value is -1.94. The summed E-state index contributed by atoms with van der Waals surface area (Å²) in [6.07, 6.45) is 2.75. The molecule has 0 bridgehead atoms. The number of anilines is 2. The van der Waals surface area contributed by atoms with E-state index in [2.05, 4.69) is 28.2 Å². The number of rotatable bonds is 3. The van der Waals surface area contributed by atoms with Crippen molar-refractivity contribution in [2.45, 2.75) is 19.4 Å². The van der Waals surface area contributed by atoms with Crippen LogP contribution in [0, 0.1) is 5.82 Å². The fraction of sp³-hybridized carbons (Fsp3) is 0.312. The van der Waals surface area contributed by atoms with E-state index in [1.807, 2.05) is 25.4 Å². The average Bonchev–Trinajstić information content (AvgIpc) is 2.89. The van der Waals surface area contributed by atoms with Crippen LogP contribution in [0.25, 0.3) is 0 Å². The molecule has 1 aromatic carbocycles. The van der Waals surface area contributed by atoms with Gasteiger partial charge in [0.05, 0.1) is 0 Å². The van der Waals surface area contributed by atoms with E-state index in [-0.39, 0.29) is 11.9 Å². The highest BCUT2D eigenvalue weighted by Gasteiger charge is 2.22. The van der Waals surface area contributed by atoms with Gasteiger partial charge in [0.15, 0.2) is 0 Å². The first-order valence-electron chi connectivity index (χ1n) is 6.88. The molecule has 104 valence electrons. The largest absolute Gasteiger partial charge is 0.326 e. The van der Waals surface area contributed by atoms with E-state index >= 15 is 0 Å². The highest BCUT2D eigenvalue weighted by atomic mass is 19.1. The SMILES string of the molecule is CNC(C)c1ccnc(N2CCc3ccc(F)cc32)c1. The molecule has 0 radical (unpaired) electrons. The van der Waals surface area contributed by atoms with Gasteiger partial charge >= 0.3 is 0 Å². The molecule has 3 nitrogen and oxygen atoms in total. The van der Waals surface area contributed by atoms with Crippen molar-refractivity contribution in [3.05, 3.63) is 53.5 Å². The Morgan fingerprint density at radius 3 is 2.95 bits per heavy atom. The lowest BCUT2D eigenvalue weighted by atomic mass is 10.1. The number of hydrogen-bond acceptors (Lipinski definition) is 3. The fourth-order valence-electron chi connectivity index (χ4n) is 2.61. The van der Waals surface area contributed by atoms with E-state index in [1.165, 1.54) is 17.2 Å². The summed E-state index contributed by atoms with van der Waals surface area (Å²) >= 11 is 0. The Balaban J connectivity index is 1.98. The van der Waals surface area contributed by atoms with E-state index in [1.54, 1.807) is 6.07 Å². The molecular formula is C16H18FN3. The maximum Gasteiger partial charge on any atom is 0.133 e. The smallest absolute Gasteiger partial charge is 0.133 e. The molecule has 0 saturated heterocycles. The topological polar surface area (TPSA) is 28.2 Å². The number of halogens is 1. The Bertz CT molecular complexity index is 627. The molecule has 0 saturated carbocycles. The zero-order chi connectivity index (χ0) is 14.1. The zero-order valence-electron chi connectivity index (χ0n) is 11.7. The molecule has 0 amide bonds. The van der Waals surface area contributed by atoms with Crippen molar-refractivity contribution >= 4 is 11.5 Å². The lowest BCUT2D eigenvalue weighted by Gasteiger charge is -2.20. The Morgan fingerprint density at radius 1 is 1.30 bits per heavy atom. The van der Waals surface area contributed by atoms with Crippen LogP contribution < -0.4 is 10.2 Å². The predicted octanol–water partition coefficient (Wildman–Crippen LogP) is 3.20. The lowest BCUT2D eigenvalue weighted by molar-refractivity contribution is 0.628. The minimum Gasteiger partial charge on any atom is -0.326 e. The van der Waals surface area contributed by atoms with E-state index in [0.29, 0.717) is 0 Å². The summed E-state index contributed by atoms with van der Waals surface area (Å²) in [5.74, 6) is 0.685. The second-order valence-electron chi connectivity index (χ2n) is 5.13. The van der Waals surface area contributed by atoms with E-state index in [9.17, 15) is 4.39 Å². The van der Waals surface area contributed by atoms with Gasteiger partial charge < -0.3 is 10.2 Å². The summed E-state index contributed by atoms with van der Waals surface area (Å²) in [4.78, 5) is 6.53. The van der Waals surface area contributed by atoms with Crippen LogP contribution in [0.15, 0.2) is 36.5 Å². The molecule has 1 unspecified atom stereocenters. The molecule has 20 heavy (non-hydrogen) atoms. The summed E-state index contributed by atoms with van der Waals surface area (Å²) in [7, 11) is 1.94. The molecule has 1 aromatic heterocycles. The van der Waals surface area contributed by atoms with Crippen molar-refractivity contribution in [1.29, 1.82) is 0 Å². The van der Waals surface area contributed by atoms with Crippen molar-refractivity contribution in [2.24, 2.45) is 0 Å². The number of pyridine rings is 1. The predicted molar refractivity (Wildman–Crippen MR) is 78.8 cm³/mol. The average molecular weight is 271 g/mol. The van der Waals surface area contributed by atoms with Gasteiger partial charge in [-0.2, -0.15) is 0 Å². The van der Waals surface area contributed by atoms with Crippen LogP contribution in [-0.4, -0.2) is 18.6 Å². The fourth-order valence-corrected chi connectivity index (χ4v) is 2.61. The van der Waals surface area contributed by atoms with Crippen molar-refractivity contribution in [3.8, 4) is 0 Å². The second kappa shape index (κ2) is 5.21. The van der Waals surface area contributed by atoms with Crippen molar-refractivity contribution in [3.63, 3.8) is 0 Å². The Labute approximate surface area is 118 Å². The normalized spacial score (nSPS) is 15.2. The monoisotopic (exact) mass is 271 g/mol. The molecule has 1 N–H and O–H groups in total.